The molecule has 0 radical (unpaired) electrons. The summed E-state index contributed by atoms with van der Waals surface area (Å²) in [4.78, 5) is 6.71. The van der Waals surface area contributed by atoms with E-state index in [0.717, 1.165) is 24.4 Å². The van der Waals surface area contributed by atoms with Gasteiger partial charge in [0.2, 0.25) is 0 Å². The van der Waals surface area contributed by atoms with Crippen molar-refractivity contribution in [3.8, 4) is 0 Å². The van der Waals surface area contributed by atoms with Crippen molar-refractivity contribution in [3.05, 3.63) is 22.9 Å². The van der Waals surface area contributed by atoms with Crippen molar-refractivity contribution in [1.29, 1.82) is 0 Å². The fraction of sp³-hybridized carbons (Fsp3) is 0.571. The van der Waals surface area contributed by atoms with Crippen LogP contribution in [-0.4, -0.2) is 43.3 Å². The molecule has 3 N–H and O–H groups in total. The molecule has 1 aliphatic rings. The summed E-state index contributed by atoms with van der Waals surface area (Å²) in [5.74, 6) is 0.850. The van der Waals surface area contributed by atoms with Crippen molar-refractivity contribution in [1.82, 2.24) is 4.98 Å². The van der Waals surface area contributed by atoms with Gasteiger partial charge in [-0.25, -0.2) is 4.98 Å². The van der Waals surface area contributed by atoms with E-state index in [-0.39, 0.29) is 5.84 Å². The van der Waals surface area contributed by atoms with Crippen LogP contribution in [0.2, 0.25) is 0 Å². The number of rotatable bonds is 5. The molecule has 0 aliphatic heterocycles. The maximum absolute atomic E-state index is 8.97. The fourth-order valence-electron chi connectivity index (χ4n) is 2.49. The molecule has 0 unspecified atom stereocenters. The predicted molar refractivity (Wildman–Crippen MR) is 78.5 cm³/mol. The van der Waals surface area contributed by atoms with Crippen LogP contribution >= 0.6 is 0 Å². The average molecular weight is 278 g/mol. The number of nitrogens with two attached hydrogens (primary N) is 1. The Morgan fingerprint density at radius 3 is 2.95 bits per heavy atom. The van der Waals surface area contributed by atoms with Crippen molar-refractivity contribution in [2.45, 2.75) is 25.7 Å². The van der Waals surface area contributed by atoms with Crippen LogP contribution in [0.1, 0.15) is 29.7 Å². The number of aryl methyl sites for hydroxylation is 2. The molecule has 0 saturated carbocycles. The molecule has 1 aromatic heterocycles. The van der Waals surface area contributed by atoms with Crippen molar-refractivity contribution in [3.63, 3.8) is 0 Å². The molecule has 0 fully saturated rings. The summed E-state index contributed by atoms with van der Waals surface area (Å²) < 4.78 is 5.09. The quantitative estimate of drug-likeness (QED) is 0.365. The van der Waals surface area contributed by atoms with Gasteiger partial charge in [0.05, 0.1) is 12.2 Å². The molecule has 0 spiro atoms. The number of hydrogen-bond donors (Lipinski definition) is 2. The number of oxime groups is 1. The maximum atomic E-state index is 8.97. The normalized spacial score (nSPS) is 15.0. The molecule has 1 aromatic rings. The smallest absolute Gasteiger partial charge is 0.173 e. The molecule has 0 saturated heterocycles. The van der Waals surface area contributed by atoms with E-state index in [9.17, 15) is 0 Å². The van der Waals surface area contributed by atoms with Gasteiger partial charge in [0.25, 0.3) is 0 Å². The SMILES string of the molecule is COCCN(C)c1nc2c(cc1C(N)=NO)CCCC2. The topological polar surface area (TPSA) is 84.0 Å². The van der Waals surface area contributed by atoms with E-state index in [2.05, 4.69) is 5.16 Å². The van der Waals surface area contributed by atoms with Gasteiger partial charge in [-0.2, -0.15) is 0 Å². The number of aromatic nitrogens is 1. The molecule has 0 bridgehead atoms. The summed E-state index contributed by atoms with van der Waals surface area (Å²) in [6.45, 7) is 1.30. The Bertz CT molecular complexity index is 502. The van der Waals surface area contributed by atoms with Crippen LogP contribution in [0.25, 0.3) is 0 Å². The van der Waals surface area contributed by atoms with Crippen LogP contribution in [-0.2, 0) is 17.6 Å². The average Bonchev–Trinajstić information content (AvgIpc) is 2.50. The molecule has 2 rings (SSSR count). The second-order valence-electron chi connectivity index (χ2n) is 5.07. The van der Waals surface area contributed by atoms with Crippen molar-refractivity contribution in [2.24, 2.45) is 10.9 Å². The summed E-state index contributed by atoms with van der Waals surface area (Å²) >= 11 is 0. The van der Waals surface area contributed by atoms with Crippen molar-refractivity contribution >= 4 is 11.7 Å². The summed E-state index contributed by atoms with van der Waals surface area (Å²) in [6.07, 6.45) is 4.35. The van der Waals surface area contributed by atoms with Crippen LogP contribution in [0.5, 0.6) is 0 Å². The first-order chi connectivity index (χ1) is 9.67. The Morgan fingerprint density at radius 2 is 2.25 bits per heavy atom. The third-order valence-corrected chi connectivity index (χ3v) is 3.66. The monoisotopic (exact) mass is 278 g/mol. The number of ether oxygens (including phenoxy) is 1. The van der Waals surface area contributed by atoms with E-state index in [1.54, 1.807) is 7.11 Å². The van der Waals surface area contributed by atoms with Gasteiger partial charge in [-0.05, 0) is 37.3 Å². The lowest BCUT2D eigenvalue weighted by Gasteiger charge is -2.24. The van der Waals surface area contributed by atoms with E-state index in [4.69, 9.17) is 20.7 Å². The lowest BCUT2D eigenvalue weighted by Crippen LogP contribution is -2.28. The lowest BCUT2D eigenvalue weighted by atomic mass is 9.94. The molecule has 0 amide bonds. The van der Waals surface area contributed by atoms with E-state index in [1.165, 1.54) is 18.4 Å². The van der Waals surface area contributed by atoms with E-state index in [1.807, 2.05) is 18.0 Å². The number of likely N-dealkylation sites (N-methyl/N-ethyl adjacent to an activating group) is 1. The predicted octanol–water partition coefficient (Wildman–Crippen LogP) is 1.14. The minimum absolute atomic E-state index is 0.102. The number of amidine groups is 1. The highest BCUT2D eigenvalue weighted by Gasteiger charge is 2.19. The zero-order valence-electron chi connectivity index (χ0n) is 12.1. The maximum Gasteiger partial charge on any atom is 0.173 e. The second kappa shape index (κ2) is 6.56. The Balaban J connectivity index is 2.41. The van der Waals surface area contributed by atoms with E-state index >= 15 is 0 Å². The van der Waals surface area contributed by atoms with Crippen molar-refractivity contribution in [2.75, 3.05) is 32.2 Å². The third-order valence-electron chi connectivity index (χ3n) is 3.66. The summed E-state index contributed by atoms with van der Waals surface area (Å²) in [5.41, 5.74) is 8.82. The largest absolute Gasteiger partial charge is 0.409 e. The van der Waals surface area contributed by atoms with Gasteiger partial charge in [0.15, 0.2) is 5.84 Å². The number of hydrogen-bond acceptors (Lipinski definition) is 5. The molecule has 0 aromatic carbocycles. The zero-order valence-corrected chi connectivity index (χ0v) is 12.1. The highest BCUT2D eigenvalue weighted by atomic mass is 16.5. The minimum atomic E-state index is 0.102. The third kappa shape index (κ3) is 3.01. The molecule has 1 heterocycles. The summed E-state index contributed by atoms with van der Waals surface area (Å²) in [6, 6.07) is 2.01. The number of pyridine rings is 1. The first-order valence-corrected chi connectivity index (χ1v) is 6.88. The van der Waals surface area contributed by atoms with Gasteiger partial charge in [0, 0.05) is 26.4 Å². The number of anilines is 1. The van der Waals surface area contributed by atoms with Gasteiger partial charge in [0.1, 0.15) is 5.82 Å². The summed E-state index contributed by atoms with van der Waals surface area (Å²) in [7, 11) is 3.60. The Labute approximate surface area is 119 Å². The highest BCUT2D eigenvalue weighted by Crippen LogP contribution is 2.26. The fourth-order valence-corrected chi connectivity index (χ4v) is 2.49. The lowest BCUT2D eigenvalue weighted by molar-refractivity contribution is 0.206. The van der Waals surface area contributed by atoms with Gasteiger partial charge in [-0.1, -0.05) is 5.16 Å². The molecule has 6 heteroatoms. The van der Waals surface area contributed by atoms with Crippen LogP contribution in [0.4, 0.5) is 5.82 Å². The first kappa shape index (κ1) is 14.6. The van der Waals surface area contributed by atoms with Crippen LogP contribution < -0.4 is 10.6 Å². The highest BCUT2D eigenvalue weighted by molar-refractivity contribution is 6.01. The minimum Gasteiger partial charge on any atom is -0.409 e. The molecular formula is C14H22N4O2. The Morgan fingerprint density at radius 1 is 1.50 bits per heavy atom. The van der Waals surface area contributed by atoms with E-state index < -0.39 is 0 Å². The Hall–Kier alpha value is -1.82. The molecule has 0 atom stereocenters. The number of fused-ring (bicyclic) bond motifs is 1. The van der Waals surface area contributed by atoms with Gasteiger partial charge < -0.3 is 20.6 Å². The zero-order chi connectivity index (χ0) is 14.5. The van der Waals surface area contributed by atoms with E-state index in [0.29, 0.717) is 18.7 Å². The van der Waals surface area contributed by atoms with Gasteiger partial charge in [-0.15, -0.1) is 0 Å². The molecular weight excluding hydrogens is 256 g/mol. The summed E-state index contributed by atoms with van der Waals surface area (Å²) in [5, 5.41) is 12.1. The van der Waals surface area contributed by atoms with Gasteiger partial charge >= 0.3 is 0 Å². The van der Waals surface area contributed by atoms with Crippen molar-refractivity contribution < 1.29 is 9.94 Å². The molecule has 1 aliphatic carbocycles. The first-order valence-electron chi connectivity index (χ1n) is 6.88. The molecule has 20 heavy (non-hydrogen) atoms. The standard InChI is InChI=1S/C14H22N4O2/c1-18(7-8-20-2)14-11(13(15)17-19)9-10-5-3-4-6-12(10)16-14/h9,19H,3-8H2,1-2H3,(H2,15,17). The number of methoxy groups -OCH3 is 1. The molecule has 110 valence electrons. The molecule has 6 nitrogen and oxygen atoms in total. The number of nitrogens with zero attached hydrogens (tertiary/aromatic N) is 3. The van der Waals surface area contributed by atoms with Crippen LogP contribution in [0.15, 0.2) is 11.2 Å². The van der Waals surface area contributed by atoms with Crippen LogP contribution in [0, 0.1) is 0 Å². The van der Waals surface area contributed by atoms with Gasteiger partial charge in [-0.3, -0.25) is 0 Å². The van der Waals surface area contributed by atoms with Crippen LogP contribution in [0.3, 0.4) is 0 Å². The second-order valence-corrected chi connectivity index (χ2v) is 5.07. The Kier molecular flexibility index (Phi) is 4.79.